The molecule has 1 fully saturated rings. The molecule has 1 aromatic heterocycles. The molecule has 5 N–H and O–H groups in total. The zero-order valence-electron chi connectivity index (χ0n) is 20.2. The Hall–Kier alpha value is -3.27. The largest absolute Gasteiger partial charge is 0.396 e. The summed E-state index contributed by atoms with van der Waals surface area (Å²) in [5.41, 5.74) is 2.37. The van der Waals surface area contributed by atoms with Crippen LogP contribution in [0.2, 0.25) is 0 Å². The second-order valence-corrected chi connectivity index (χ2v) is 8.73. The van der Waals surface area contributed by atoms with E-state index in [1.165, 1.54) is 0 Å². The number of carbonyl (C=O) groups is 1. The van der Waals surface area contributed by atoms with E-state index in [1.807, 2.05) is 48.5 Å². The predicted molar refractivity (Wildman–Crippen MR) is 136 cm³/mol. The summed E-state index contributed by atoms with van der Waals surface area (Å²) in [5.74, 6) is 1.68. The third kappa shape index (κ3) is 6.45. The average molecular weight is 478 g/mol. The van der Waals surface area contributed by atoms with Crippen LogP contribution in [0.25, 0.3) is 0 Å². The van der Waals surface area contributed by atoms with E-state index in [4.69, 9.17) is 0 Å². The lowest BCUT2D eigenvalue weighted by Gasteiger charge is -2.24. The molecule has 0 aliphatic carbocycles. The molecule has 9 heteroatoms. The van der Waals surface area contributed by atoms with Crippen molar-refractivity contribution in [3.8, 4) is 0 Å². The third-order valence-corrected chi connectivity index (χ3v) is 6.20. The summed E-state index contributed by atoms with van der Waals surface area (Å²) in [6.07, 6.45) is 2.43. The molecule has 4 rings (SSSR count). The predicted octanol–water partition coefficient (Wildman–Crippen LogP) is 2.74. The molecule has 3 aromatic rings. The Morgan fingerprint density at radius 1 is 1.20 bits per heavy atom. The second-order valence-electron chi connectivity index (χ2n) is 8.73. The van der Waals surface area contributed by atoms with E-state index in [1.54, 1.807) is 6.07 Å². The molecule has 1 aliphatic rings. The number of carbonyl (C=O) groups excluding carboxylic acids is 1. The van der Waals surface area contributed by atoms with Gasteiger partial charge in [0.1, 0.15) is 5.82 Å². The molecule has 0 bridgehead atoms. The van der Waals surface area contributed by atoms with Gasteiger partial charge in [-0.05, 0) is 49.6 Å². The smallest absolute Gasteiger partial charge is 0.251 e. The minimum atomic E-state index is -0.250. The SMILES string of the molecule is CCCn1c(CNc2cccc(C(=O)N[C@@H](CCO)c3ccccc3)c2)nnc1C1CCNCN1. The van der Waals surface area contributed by atoms with E-state index in [2.05, 4.69) is 43.0 Å². The number of rotatable bonds is 11. The quantitative estimate of drug-likeness (QED) is 0.288. The van der Waals surface area contributed by atoms with Crippen LogP contribution < -0.4 is 21.3 Å². The number of aromatic nitrogens is 3. The van der Waals surface area contributed by atoms with Gasteiger partial charge in [-0.3, -0.25) is 10.1 Å². The van der Waals surface area contributed by atoms with Crippen LogP contribution in [0, 0.1) is 0 Å². The van der Waals surface area contributed by atoms with Crippen molar-refractivity contribution >= 4 is 11.6 Å². The summed E-state index contributed by atoms with van der Waals surface area (Å²) in [4.78, 5) is 13.0. The number of nitrogens with zero attached hydrogens (tertiary/aromatic N) is 3. The standard InChI is InChI=1S/C26H35N7O2/c1-2-14-33-24(31-32-25(33)23-11-13-27-18-29-23)17-28-21-10-6-9-20(16-21)26(35)30-22(12-15-34)19-7-4-3-5-8-19/h3-10,16,22-23,27-29,34H,2,11-15,17-18H2,1H3,(H,30,35)/t22-,23?/m0/s1. The first-order valence-electron chi connectivity index (χ1n) is 12.4. The van der Waals surface area contributed by atoms with Crippen molar-refractivity contribution in [3.63, 3.8) is 0 Å². The number of hydrogen-bond donors (Lipinski definition) is 5. The van der Waals surface area contributed by atoms with Crippen LogP contribution in [0.5, 0.6) is 0 Å². The molecule has 0 saturated carbocycles. The van der Waals surface area contributed by atoms with Gasteiger partial charge in [0, 0.05) is 31.1 Å². The van der Waals surface area contributed by atoms with Crippen molar-refractivity contribution in [2.45, 2.75) is 51.4 Å². The highest BCUT2D eigenvalue weighted by Gasteiger charge is 2.22. The fraction of sp³-hybridized carbons (Fsp3) is 0.423. The van der Waals surface area contributed by atoms with Gasteiger partial charge in [0.2, 0.25) is 0 Å². The number of aliphatic hydroxyl groups excluding tert-OH is 1. The molecule has 1 unspecified atom stereocenters. The van der Waals surface area contributed by atoms with E-state index in [0.717, 1.165) is 55.5 Å². The highest BCUT2D eigenvalue weighted by atomic mass is 16.3. The molecule has 35 heavy (non-hydrogen) atoms. The van der Waals surface area contributed by atoms with Gasteiger partial charge in [-0.25, -0.2) is 0 Å². The van der Waals surface area contributed by atoms with Gasteiger partial charge in [-0.1, -0.05) is 43.3 Å². The summed E-state index contributed by atoms with van der Waals surface area (Å²) in [6.45, 7) is 5.25. The Morgan fingerprint density at radius 3 is 2.80 bits per heavy atom. The Bertz CT molecular complexity index is 1080. The fourth-order valence-electron chi connectivity index (χ4n) is 4.39. The lowest BCUT2D eigenvalue weighted by Crippen LogP contribution is -2.41. The van der Waals surface area contributed by atoms with Crippen LogP contribution in [-0.2, 0) is 13.1 Å². The number of anilines is 1. The number of hydrogen-bond acceptors (Lipinski definition) is 7. The molecule has 186 valence electrons. The fourth-order valence-corrected chi connectivity index (χ4v) is 4.39. The van der Waals surface area contributed by atoms with Crippen LogP contribution in [0.15, 0.2) is 54.6 Å². The first-order valence-corrected chi connectivity index (χ1v) is 12.4. The highest BCUT2D eigenvalue weighted by Crippen LogP contribution is 2.20. The van der Waals surface area contributed by atoms with Crippen molar-refractivity contribution in [3.05, 3.63) is 77.4 Å². The second kappa shape index (κ2) is 12.4. The Kier molecular flexibility index (Phi) is 8.83. The van der Waals surface area contributed by atoms with Crippen molar-refractivity contribution in [1.29, 1.82) is 0 Å². The lowest BCUT2D eigenvalue weighted by molar-refractivity contribution is 0.0930. The molecular weight excluding hydrogens is 442 g/mol. The molecule has 0 spiro atoms. The van der Waals surface area contributed by atoms with Crippen LogP contribution in [0.1, 0.15) is 65.8 Å². The van der Waals surface area contributed by atoms with Crippen molar-refractivity contribution < 1.29 is 9.90 Å². The van der Waals surface area contributed by atoms with Crippen molar-refractivity contribution in [2.24, 2.45) is 0 Å². The van der Waals surface area contributed by atoms with Crippen LogP contribution in [-0.4, -0.2) is 45.6 Å². The lowest BCUT2D eigenvalue weighted by atomic mass is 10.0. The minimum Gasteiger partial charge on any atom is -0.396 e. The molecule has 2 aromatic carbocycles. The first kappa shape index (κ1) is 24.8. The normalized spacial score (nSPS) is 16.6. The molecule has 0 radical (unpaired) electrons. The van der Waals surface area contributed by atoms with Gasteiger partial charge in [0.05, 0.1) is 18.6 Å². The molecule has 1 aliphatic heterocycles. The summed E-state index contributed by atoms with van der Waals surface area (Å²) in [7, 11) is 0. The Morgan fingerprint density at radius 2 is 2.06 bits per heavy atom. The number of nitrogens with one attached hydrogen (secondary N) is 4. The van der Waals surface area contributed by atoms with Crippen molar-refractivity contribution in [2.75, 3.05) is 25.1 Å². The maximum absolute atomic E-state index is 13.0. The van der Waals surface area contributed by atoms with E-state index < -0.39 is 0 Å². The molecule has 9 nitrogen and oxygen atoms in total. The monoisotopic (exact) mass is 477 g/mol. The number of amides is 1. The van der Waals surface area contributed by atoms with Crippen LogP contribution in [0.4, 0.5) is 5.69 Å². The van der Waals surface area contributed by atoms with Crippen LogP contribution in [0.3, 0.4) is 0 Å². The number of aliphatic hydroxyl groups is 1. The summed E-state index contributed by atoms with van der Waals surface area (Å²) in [6, 6.07) is 17.1. The molecular formula is C26H35N7O2. The van der Waals surface area contributed by atoms with Gasteiger partial charge in [0.25, 0.3) is 5.91 Å². The van der Waals surface area contributed by atoms with Gasteiger partial charge < -0.3 is 25.6 Å². The molecule has 2 heterocycles. The zero-order chi connectivity index (χ0) is 24.5. The molecule has 1 saturated heterocycles. The highest BCUT2D eigenvalue weighted by molar-refractivity contribution is 5.95. The summed E-state index contributed by atoms with van der Waals surface area (Å²) >= 11 is 0. The van der Waals surface area contributed by atoms with Gasteiger partial charge in [-0.2, -0.15) is 0 Å². The topological polar surface area (TPSA) is 116 Å². The average Bonchev–Trinajstić information content (AvgIpc) is 3.31. The van der Waals surface area contributed by atoms with Crippen molar-refractivity contribution in [1.82, 2.24) is 30.7 Å². The summed E-state index contributed by atoms with van der Waals surface area (Å²) < 4.78 is 2.20. The minimum absolute atomic E-state index is 0.00520. The van der Waals surface area contributed by atoms with Gasteiger partial charge in [-0.15, -0.1) is 10.2 Å². The van der Waals surface area contributed by atoms with Gasteiger partial charge in [0.15, 0.2) is 5.82 Å². The Balaban J connectivity index is 1.43. The molecule has 2 atom stereocenters. The Labute approximate surface area is 206 Å². The van der Waals surface area contributed by atoms with Crippen LogP contribution >= 0.6 is 0 Å². The van der Waals surface area contributed by atoms with E-state index >= 15 is 0 Å². The molecule has 1 amide bonds. The first-order chi connectivity index (χ1) is 17.2. The third-order valence-electron chi connectivity index (χ3n) is 6.20. The van der Waals surface area contributed by atoms with E-state index in [-0.39, 0.29) is 24.6 Å². The van der Waals surface area contributed by atoms with Gasteiger partial charge >= 0.3 is 0 Å². The van der Waals surface area contributed by atoms with E-state index in [9.17, 15) is 9.90 Å². The maximum atomic E-state index is 13.0. The summed E-state index contributed by atoms with van der Waals surface area (Å²) in [5, 5.41) is 31.6. The number of benzene rings is 2. The zero-order valence-corrected chi connectivity index (χ0v) is 20.2. The van der Waals surface area contributed by atoms with E-state index in [0.29, 0.717) is 18.5 Å². The maximum Gasteiger partial charge on any atom is 0.251 e.